The third-order valence-corrected chi connectivity index (χ3v) is 4.68. The Morgan fingerprint density at radius 3 is 2.91 bits per heavy atom. The van der Waals surface area contributed by atoms with E-state index in [1.165, 1.54) is 0 Å². The normalized spacial score (nSPS) is 12.1. The smallest absolute Gasteiger partial charge is 0.206 e. The van der Waals surface area contributed by atoms with Gasteiger partial charge in [0.15, 0.2) is 0 Å². The van der Waals surface area contributed by atoms with Crippen LogP contribution in [0.5, 0.6) is 0 Å². The molecule has 0 amide bonds. The van der Waals surface area contributed by atoms with Crippen molar-refractivity contribution in [3.05, 3.63) is 69.9 Å². The Kier molecular flexibility index (Phi) is 4.95. The van der Waals surface area contributed by atoms with Crippen molar-refractivity contribution in [3.8, 4) is 10.6 Å². The molecule has 0 saturated heterocycles. The van der Waals surface area contributed by atoms with E-state index in [2.05, 4.69) is 38.5 Å². The molecule has 0 aromatic carbocycles. The summed E-state index contributed by atoms with van der Waals surface area (Å²) in [5, 5.41) is 8.74. The summed E-state index contributed by atoms with van der Waals surface area (Å²) in [5.41, 5.74) is 2.88. The van der Waals surface area contributed by atoms with Gasteiger partial charge in [-0.25, -0.2) is 4.68 Å². The van der Waals surface area contributed by atoms with Gasteiger partial charge in [0.1, 0.15) is 0 Å². The lowest BCUT2D eigenvalue weighted by atomic mass is 10.4. The van der Waals surface area contributed by atoms with Gasteiger partial charge in [0.05, 0.1) is 29.0 Å². The van der Waals surface area contributed by atoms with E-state index in [4.69, 9.17) is 0 Å². The zero-order valence-corrected chi connectivity index (χ0v) is 14.3. The number of thiophene rings is 1. The fourth-order valence-electron chi connectivity index (χ4n) is 1.89. The van der Waals surface area contributed by atoms with Crippen LogP contribution >= 0.6 is 22.7 Å². The van der Waals surface area contributed by atoms with Crippen LogP contribution in [0.1, 0.15) is 12.6 Å². The van der Waals surface area contributed by atoms with Crippen LogP contribution in [0.15, 0.2) is 69.5 Å². The second-order valence-corrected chi connectivity index (χ2v) is 6.75. The van der Waals surface area contributed by atoms with Gasteiger partial charge < -0.3 is 0 Å². The van der Waals surface area contributed by atoms with Gasteiger partial charge in [0.25, 0.3) is 0 Å². The van der Waals surface area contributed by atoms with Crippen molar-refractivity contribution in [1.29, 1.82) is 0 Å². The van der Waals surface area contributed by atoms with Crippen molar-refractivity contribution in [2.24, 2.45) is 10.1 Å². The van der Waals surface area contributed by atoms with Gasteiger partial charge in [0.2, 0.25) is 4.80 Å². The predicted octanol–water partition coefficient (Wildman–Crippen LogP) is 4.03. The summed E-state index contributed by atoms with van der Waals surface area (Å²) in [4.78, 5) is 10.9. The maximum atomic E-state index is 4.60. The molecule has 0 aliphatic carbocycles. The molecule has 0 aliphatic rings. The Hall–Kier alpha value is -2.31. The van der Waals surface area contributed by atoms with Gasteiger partial charge in [-0.3, -0.25) is 9.98 Å². The molecule has 0 radical (unpaired) electrons. The van der Waals surface area contributed by atoms with Gasteiger partial charge in [0, 0.05) is 11.6 Å². The van der Waals surface area contributed by atoms with E-state index in [0.717, 1.165) is 26.6 Å². The first-order valence-electron chi connectivity index (χ1n) is 7.09. The highest BCUT2D eigenvalue weighted by atomic mass is 32.1. The summed E-state index contributed by atoms with van der Waals surface area (Å²) in [6, 6.07) is 9.88. The molecule has 0 saturated carbocycles. The minimum Gasteiger partial charge on any atom is -0.255 e. The first-order valence-corrected chi connectivity index (χ1v) is 8.84. The van der Waals surface area contributed by atoms with Gasteiger partial charge in [-0.1, -0.05) is 24.3 Å². The van der Waals surface area contributed by atoms with Gasteiger partial charge in [-0.05, 0) is 30.5 Å². The molecule has 3 aromatic rings. The van der Waals surface area contributed by atoms with Crippen LogP contribution < -0.4 is 4.80 Å². The van der Waals surface area contributed by atoms with Crippen molar-refractivity contribution in [2.45, 2.75) is 6.92 Å². The molecule has 3 rings (SSSR count). The average molecular weight is 340 g/mol. The van der Waals surface area contributed by atoms with Crippen LogP contribution in [0.4, 0.5) is 0 Å². The number of hydrogen-bond donors (Lipinski definition) is 0. The predicted molar refractivity (Wildman–Crippen MR) is 98.1 cm³/mol. The number of rotatable bonds is 5. The average Bonchev–Trinajstić information content (AvgIpc) is 3.21. The number of aromatic nitrogens is 2. The van der Waals surface area contributed by atoms with Gasteiger partial charge in [-0.15, -0.1) is 22.7 Å². The van der Waals surface area contributed by atoms with Gasteiger partial charge in [-0.2, -0.15) is 5.10 Å². The van der Waals surface area contributed by atoms with Crippen LogP contribution in [0.25, 0.3) is 10.6 Å². The fourth-order valence-corrected chi connectivity index (χ4v) is 3.52. The quantitative estimate of drug-likeness (QED) is 0.511. The van der Waals surface area contributed by atoms with E-state index in [1.54, 1.807) is 35.1 Å². The minimum absolute atomic E-state index is 0.601. The zero-order valence-electron chi connectivity index (χ0n) is 12.7. The second-order valence-electron chi connectivity index (χ2n) is 4.97. The molecule has 116 valence electrons. The molecule has 0 atom stereocenters. The van der Waals surface area contributed by atoms with Crippen molar-refractivity contribution < 1.29 is 0 Å². The summed E-state index contributed by atoms with van der Waals surface area (Å²) >= 11 is 3.27. The third-order valence-electron chi connectivity index (χ3n) is 2.94. The van der Waals surface area contributed by atoms with Gasteiger partial charge >= 0.3 is 0 Å². The number of thiazole rings is 1. The van der Waals surface area contributed by atoms with E-state index in [1.807, 2.05) is 35.9 Å². The maximum absolute atomic E-state index is 4.60. The summed E-state index contributed by atoms with van der Waals surface area (Å²) in [7, 11) is 0. The molecular weight excluding hydrogens is 324 g/mol. The van der Waals surface area contributed by atoms with E-state index in [9.17, 15) is 0 Å². The first-order chi connectivity index (χ1) is 11.2. The van der Waals surface area contributed by atoms with Crippen LogP contribution in [-0.2, 0) is 0 Å². The SMILES string of the molecule is C=C(C)CN=c1scc(-c2cccs2)n1N=Cc1ccccn1. The summed E-state index contributed by atoms with van der Waals surface area (Å²) in [6.07, 6.45) is 3.51. The zero-order chi connectivity index (χ0) is 16.1. The van der Waals surface area contributed by atoms with Crippen molar-refractivity contribution >= 4 is 28.9 Å². The molecule has 23 heavy (non-hydrogen) atoms. The Morgan fingerprint density at radius 2 is 2.22 bits per heavy atom. The third kappa shape index (κ3) is 3.91. The fraction of sp³-hybridized carbons (Fsp3) is 0.118. The Morgan fingerprint density at radius 1 is 1.30 bits per heavy atom. The standard InChI is InChI=1S/C17H16N4S2/c1-13(2)10-19-17-21(20-11-14-6-3-4-8-18-14)15(12-23-17)16-7-5-9-22-16/h3-9,11-12H,1,10H2,2H3. The molecule has 0 fully saturated rings. The van der Waals surface area contributed by atoms with Crippen LogP contribution in [0, 0.1) is 0 Å². The second kappa shape index (κ2) is 7.30. The first kappa shape index (κ1) is 15.6. The monoisotopic (exact) mass is 340 g/mol. The molecule has 3 aromatic heterocycles. The number of nitrogens with zero attached hydrogens (tertiary/aromatic N) is 4. The molecule has 0 bridgehead atoms. The maximum Gasteiger partial charge on any atom is 0.206 e. The lowest BCUT2D eigenvalue weighted by Gasteiger charge is -2.01. The molecule has 6 heteroatoms. The Labute approximate surface area is 142 Å². The summed E-state index contributed by atoms with van der Waals surface area (Å²) in [5.74, 6) is 0. The summed E-state index contributed by atoms with van der Waals surface area (Å²) < 4.78 is 1.87. The van der Waals surface area contributed by atoms with E-state index in [0.29, 0.717) is 6.54 Å². The van der Waals surface area contributed by atoms with Crippen molar-refractivity contribution in [2.75, 3.05) is 6.54 Å². The lowest BCUT2D eigenvalue weighted by molar-refractivity contribution is 0.837. The molecule has 0 spiro atoms. The Balaban J connectivity index is 2.04. The Bertz CT molecular complexity index is 871. The van der Waals surface area contributed by atoms with Crippen LogP contribution in [0.2, 0.25) is 0 Å². The molecule has 3 heterocycles. The molecule has 0 N–H and O–H groups in total. The van der Waals surface area contributed by atoms with Crippen LogP contribution in [0.3, 0.4) is 0 Å². The van der Waals surface area contributed by atoms with E-state index in [-0.39, 0.29) is 0 Å². The molecule has 0 aliphatic heterocycles. The number of pyridine rings is 1. The lowest BCUT2D eigenvalue weighted by Crippen LogP contribution is -2.12. The number of hydrogen-bond acceptors (Lipinski definition) is 5. The van der Waals surface area contributed by atoms with E-state index >= 15 is 0 Å². The summed E-state index contributed by atoms with van der Waals surface area (Å²) in [6.45, 7) is 6.48. The largest absolute Gasteiger partial charge is 0.255 e. The van der Waals surface area contributed by atoms with Crippen molar-refractivity contribution in [3.63, 3.8) is 0 Å². The van der Waals surface area contributed by atoms with Crippen molar-refractivity contribution in [1.82, 2.24) is 9.66 Å². The topological polar surface area (TPSA) is 42.5 Å². The molecular formula is C17H16N4S2. The van der Waals surface area contributed by atoms with E-state index < -0.39 is 0 Å². The highest BCUT2D eigenvalue weighted by Gasteiger charge is 2.08. The minimum atomic E-state index is 0.601. The molecule has 4 nitrogen and oxygen atoms in total. The molecule has 0 unspecified atom stereocenters. The van der Waals surface area contributed by atoms with Crippen LogP contribution in [-0.4, -0.2) is 22.4 Å². The highest BCUT2D eigenvalue weighted by Crippen LogP contribution is 2.25. The highest BCUT2D eigenvalue weighted by molar-refractivity contribution is 7.14.